The van der Waals surface area contributed by atoms with E-state index >= 15 is 0 Å². The average molecular weight is 130 g/mol. The van der Waals surface area contributed by atoms with E-state index in [1.54, 1.807) is 11.8 Å². The summed E-state index contributed by atoms with van der Waals surface area (Å²) in [6.45, 7) is 2.14. The van der Waals surface area contributed by atoms with Gasteiger partial charge in [0.05, 0.1) is 0 Å². The van der Waals surface area contributed by atoms with Gasteiger partial charge < -0.3 is 5.32 Å². The minimum absolute atomic E-state index is 0.562. The van der Waals surface area contributed by atoms with Gasteiger partial charge in [-0.05, 0) is 6.42 Å². The van der Waals surface area contributed by atoms with Crippen molar-refractivity contribution in [2.75, 3.05) is 5.75 Å². The van der Waals surface area contributed by atoms with E-state index in [-0.39, 0.29) is 0 Å². The molecular weight excluding hydrogens is 120 g/mol. The molecule has 2 N–H and O–H groups in total. The summed E-state index contributed by atoms with van der Waals surface area (Å²) in [5, 5.41) is 10.8. The lowest BCUT2D eigenvalue weighted by molar-refractivity contribution is 0.667. The van der Waals surface area contributed by atoms with Gasteiger partial charge in [-0.3, -0.25) is 5.41 Å². The molecule has 46 valence electrons. The Labute approximate surface area is 53.6 Å². The Morgan fingerprint density at radius 3 is 3.00 bits per heavy atom. The number of hydrogen-bond acceptors (Lipinski definition) is 2. The molecular formula is C5H10N2S. The lowest BCUT2D eigenvalue weighted by atomic mass is 10.3. The molecule has 0 spiro atoms. The molecule has 2 nitrogen and oxygen atoms in total. The number of amidine groups is 1. The van der Waals surface area contributed by atoms with Gasteiger partial charge in [0, 0.05) is 11.8 Å². The van der Waals surface area contributed by atoms with E-state index < -0.39 is 0 Å². The van der Waals surface area contributed by atoms with E-state index in [2.05, 4.69) is 12.2 Å². The van der Waals surface area contributed by atoms with E-state index in [1.807, 2.05) is 0 Å². The Bertz CT molecular complexity index is 103. The first-order valence-corrected chi connectivity index (χ1v) is 3.79. The largest absolute Gasteiger partial charge is 0.362 e. The zero-order valence-electron chi connectivity index (χ0n) is 4.90. The van der Waals surface area contributed by atoms with Gasteiger partial charge in [-0.15, -0.1) is 0 Å². The molecule has 0 aromatic heterocycles. The third kappa shape index (κ3) is 1.15. The van der Waals surface area contributed by atoms with Gasteiger partial charge >= 0.3 is 0 Å². The molecule has 1 saturated heterocycles. The number of nitrogens with one attached hydrogen (secondary N) is 2. The molecule has 0 aliphatic carbocycles. The molecule has 1 heterocycles. The van der Waals surface area contributed by atoms with Crippen LogP contribution in [0.2, 0.25) is 0 Å². The molecule has 0 bridgehead atoms. The van der Waals surface area contributed by atoms with Crippen LogP contribution in [0.3, 0.4) is 0 Å². The van der Waals surface area contributed by atoms with Crippen molar-refractivity contribution in [1.29, 1.82) is 5.41 Å². The molecule has 0 radical (unpaired) electrons. The normalized spacial score (nSPS) is 28.1. The van der Waals surface area contributed by atoms with Crippen molar-refractivity contribution in [3.8, 4) is 0 Å². The van der Waals surface area contributed by atoms with Gasteiger partial charge in [-0.1, -0.05) is 18.7 Å². The first kappa shape index (κ1) is 5.95. The third-order valence-electron chi connectivity index (χ3n) is 1.26. The van der Waals surface area contributed by atoms with E-state index in [4.69, 9.17) is 5.41 Å². The van der Waals surface area contributed by atoms with Crippen molar-refractivity contribution in [3.63, 3.8) is 0 Å². The SMILES string of the molecule is CCC1CSC(=N)N1. The summed E-state index contributed by atoms with van der Waals surface area (Å²) in [4.78, 5) is 0. The highest BCUT2D eigenvalue weighted by molar-refractivity contribution is 8.14. The second-order valence-corrected chi connectivity index (χ2v) is 2.92. The summed E-state index contributed by atoms with van der Waals surface area (Å²) >= 11 is 1.60. The van der Waals surface area contributed by atoms with Crippen molar-refractivity contribution in [2.45, 2.75) is 19.4 Å². The highest BCUT2D eigenvalue weighted by Gasteiger charge is 2.15. The maximum atomic E-state index is 7.13. The van der Waals surface area contributed by atoms with Crippen molar-refractivity contribution >= 4 is 16.9 Å². The van der Waals surface area contributed by atoms with Crippen LogP contribution in [0.1, 0.15) is 13.3 Å². The standard InChI is InChI=1S/C5H10N2S/c1-2-4-3-8-5(6)7-4/h4H,2-3H2,1H3,(H2,6,7). The molecule has 0 saturated carbocycles. The molecule has 0 amide bonds. The molecule has 1 aliphatic heterocycles. The van der Waals surface area contributed by atoms with E-state index in [0.717, 1.165) is 12.2 Å². The fraction of sp³-hybridized carbons (Fsp3) is 0.800. The van der Waals surface area contributed by atoms with Gasteiger partial charge in [0.25, 0.3) is 0 Å². The highest BCUT2D eigenvalue weighted by Crippen LogP contribution is 2.13. The summed E-state index contributed by atoms with van der Waals surface area (Å²) in [7, 11) is 0. The second kappa shape index (κ2) is 2.40. The van der Waals surface area contributed by atoms with E-state index in [9.17, 15) is 0 Å². The quantitative estimate of drug-likeness (QED) is 0.556. The predicted octanol–water partition coefficient (Wildman–Crippen LogP) is 1.04. The molecule has 1 unspecified atom stereocenters. The molecule has 3 heteroatoms. The maximum Gasteiger partial charge on any atom is 0.154 e. The Morgan fingerprint density at radius 1 is 2.00 bits per heavy atom. The number of thioether (sulfide) groups is 1. The van der Waals surface area contributed by atoms with Crippen LogP contribution >= 0.6 is 11.8 Å². The minimum atomic E-state index is 0.562. The van der Waals surface area contributed by atoms with Crippen molar-refractivity contribution < 1.29 is 0 Å². The average Bonchev–Trinajstić information content (AvgIpc) is 2.14. The van der Waals surface area contributed by atoms with Crippen LogP contribution < -0.4 is 5.32 Å². The topological polar surface area (TPSA) is 35.9 Å². The summed E-state index contributed by atoms with van der Waals surface area (Å²) in [5.74, 6) is 1.08. The lowest BCUT2D eigenvalue weighted by Crippen LogP contribution is -2.24. The second-order valence-electron chi connectivity index (χ2n) is 1.89. The predicted molar refractivity (Wildman–Crippen MR) is 37.4 cm³/mol. The van der Waals surface area contributed by atoms with Gasteiger partial charge in [0.2, 0.25) is 0 Å². The summed E-state index contributed by atoms with van der Waals surface area (Å²) in [6, 6.07) is 0.562. The molecule has 0 aromatic rings. The monoisotopic (exact) mass is 130 g/mol. The van der Waals surface area contributed by atoms with Crippen molar-refractivity contribution in [1.82, 2.24) is 5.32 Å². The Hall–Kier alpha value is -0.180. The van der Waals surface area contributed by atoms with Crippen LogP contribution in [0.5, 0.6) is 0 Å². The van der Waals surface area contributed by atoms with Crippen molar-refractivity contribution in [2.24, 2.45) is 0 Å². The molecule has 8 heavy (non-hydrogen) atoms. The zero-order chi connectivity index (χ0) is 5.98. The number of rotatable bonds is 1. The molecule has 1 atom stereocenters. The van der Waals surface area contributed by atoms with Crippen LogP contribution in [0.15, 0.2) is 0 Å². The van der Waals surface area contributed by atoms with Crippen LogP contribution in [-0.2, 0) is 0 Å². The minimum Gasteiger partial charge on any atom is -0.362 e. The van der Waals surface area contributed by atoms with Gasteiger partial charge in [-0.25, -0.2) is 0 Å². The zero-order valence-corrected chi connectivity index (χ0v) is 5.72. The van der Waals surface area contributed by atoms with Gasteiger partial charge in [-0.2, -0.15) is 0 Å². The third-order valence-corrected chi connectivity index (χ3v) is 2.23. The summed E-state index contributed by atoms with van der Waals surface area (Å²) in [5.41, 5.74) is 0. The molecule has 1 aliphatic rings. The Balaban J connectivity index is 2.32. The molecule has 1 rings (SSSR count). The van der Waals surface area contributed by atoms with Crippen LogP contribution in [0, 0.1) is 5.41 Å². The van der Waals surface area contributed by atoms with E-state index in [0.29, 0.717) is 11.2 Å². The highest BCUT2D eigenvalue weighted by atomic mass is 32.2. The van der Waals surface area contributed by atoms with E-state index in [1.165, 1.54) is 0 Å². The maximum absolute atomic E-state index is 7.13. The summed E-state index contributed by atoms with van der Waals surface area (Å²) in [6.07, 6.45) is 1.13. The smallest absolute Gasteiger partial charge is 0.154 e. The summed E-state index contributed by atoms with van der Waals surface area (Å²) < 4.78 is 0. The van der Waals surface area contributed by atoms with Crippen molar-refractivity contribution in [3.05, 3.63) is 0 Å². The van der Waals surface area contributed by atoms with Crippen LogP contribution in [0.25, 0.3) is 0 Å². The van der Waals surface area contributed by atoms with Crippen LogP contribution in [0.4, 0.5) is 0 Å². The van der Waals surface area contributed by atoms with Gasteiger partial charge in [0.1, 0.15) is 0 Å². The molecule has 0 aromatic carbocycles. The Kier molecular flexibility index (Phi) is 1.78. The fourth-order valence-corrected chi connectivity index (χ4v) is 1.61. The first-order chi connectivity index (χ1) is 3.83. The fourth-order valence-electron chi connectivity index (χ4n) is 0.673. The lowest BCUT2D eigenvalue weighted by Gasteiger charge is -2.02. The number of hydrogen-bond donors (Lipinski definition) is 2. The molecule has 1 fully saturated rings. The van der Waals surface area contributed by atoms with Gasteiger partial charge in [0.15, 0.2) is 5.17 Å². The first-order valence-electron chi connectivity index (χ1n) is 2.81. The van der Waals surface area contributed by atoms with Crippen LogP contribution in [-0.4, -0.2) is 17.0 Å². The Morgan fingerprint density at radius 2 is 2.75 bits per heavy atom.